The van der Waals surface area contributed by atoms with E-state index < -0.39 is 0 Å². The van der Waals surface area contributed by atoms with Crippen LogP contribution >= 0.6 is 11.8 Å². The first kappa shape index (κ1) is 15.7. The fraction of sp³-hybridized carbons (Fsp3) is 0.167. The molecule has 7 heteroatoms. The molecule has 1 aliphatic heterocycles. The summed E-state index contributed by atoms with van der Waals surface area (Å²) in [5.41, 5.74) is 1.54. The van der Waals surface area contributed by atoms with Crippen molar-refractivity contribution in [1.29, 1.82) is 0 Å². The summed E-state index contributed by atoms with van der Waals surface area (Å²) in [6, 6.07) is 13.1. The van der Waals surface area contributed by atoms with E-state index in [1.54, 1.807) is 18.2 Å². The van der Waals surface area contributed by atoms with Crippen molar-refractivity contribution < 1.29 is 14.3 Å². The van der Waals surface area contributed by atoms with Crippen molar-refractivity contribution in [2.45, 2.75) is 17.2 Å². The third-order valence-corrected chi connectivity index (χ3v) is 4.92. The molecule has 0 bridgehead atoms. The second-order valence-electron chi connectivity index (χ2n) is 5.51. The lowest BCUT2D eigenvalue weighted by atomic mass is 10.2. The Morgan fingerprint density at radius 1 is 1.16 bits per heavy atom. The Labute approximate surface area is 148 Å². The van der Waals surface area contributed by atoms with E-state index in [4.69, 9.17) is 9.47 Å². The fourth-order valence-electron chi connectivity index (χ4n) is 2.51. The average Bonchev–Trinajstić information content (AvgIpc) is 3.10. The molecule has 0 spiro atoms. The van der Waals surface area contributed by atoms with Gasteiger partial charge in [-0.3, -0.25) is 4.79 Å². The fourth-order valence-corrected chi connectivity index (χ4v) is 3.42. The number of amides is 1. The van der Waals surface area contributed by atoms with Crippen molar-refractivity contribution in [3.05, 3.63) is 48.8 Å². The molecule has 0 aliphatic carbocycles. The molecule has 1 aliphatic rings. The summed E-state index contributed by atoms with van der Waals surface area (Å²) >= 11 is 1.41. The Hall–Kier alpha value is -2.80. The zero-order chi connectivity index (χ0) is 17.2. The van der Waals surface area contributed by atoms with E-state index in [0.29, 0.717) is 17.2 Å². The van der Waals surface area contributed by atoms with Gasteiger partial charge in [-0.15, -0.1) is 0 Å². The van der Waals surface area contributed by atoms with Crippen LogP contribution in [0.2, 0.25) is 0 Å². The molecule has 1 atom stereocenters. The summed E-state index contributed by atoms with van der Waals surface area (Å²) < 4.78 is 10.6. The van der Waals surface area contributed by atoms with Crippen LogP contribution in [0, 0.1) is 0 Å². The van der Waals surface area contributed by atoms with Crippen LogP contribution in [0.5, 0.6) is 11.5 Å². The number of hydrogen-bond donors (Lipinski definition) is 1. The summed E-state index contributed by atoms with van der Waals surface area (Å²) in [5, 5.41) is 4.32. The molecule has 1 N–H and O–H groups in total. The SMILES string of the molecule is C[C@H](Sc1ncnc2ccccc12)C(=O)Nc1ccc2c(c1)OCO2. The highest BCUT2D eigenvalue weighted by Gasteiger charge is 2.19. The lowest BCUT2D eigenvalue weighted by Gasteiger charge is -2.13. The predicted molar refractivity (Wildman–Crippen MR) is 96.1 cm³/mol. The largest absolute Gasteiger partial charge is 0.454 e. The van der Waals surface area contributed by atoms with Gasteiger partial charge in [0, 0.05) is 17.1 Å². The number of aromatic nitrogens is 2. The Kier molecular flexibility index (Phi) is 4.15. The molecule has 0 unspecified atom stereocenters. The Balaban J connectivity index is 1.48. The van der Waals surface area contributed by atoms with Gasteiger partial charge in [-0.2, -0.15) is 0 Å². The minimum atomic E-state index is -0.316. The zero-order valence-corrected chi connectivity index (χ0v) is 14.2. The van der Waals surface area contributed by atoms with Crippen LogP contribution in [0.15, 0.2) is 53.8 Å². The van der Waals surface area contributed by atoms with Crippen LogP contribution in [0.4, 0.5) is 5.69 Å². The molecule has 2 heterocycles. The standard InChI is InChI=1S/C18H15N3O3S/c1-11(25-18-13-4-2-3-5-14(13)19-9-20-18)17(22)21-12-6-7-15-16(8-12)24-10-23-15/h2-9,11H,10H2,1H3,(H,21,22)/t11-/m0/s1. The van der Waals surface area contributed by atoms with Gasteiger partial charge >= 0.3 is 0 Å². The van der Waals surface area contributed by atoms with Gasteiger partial charge in [-0.25, -0.2) is 9.97 Å². The van der Waals surface area contributed by atoms with Gasteiger partial charge in [0.25, 0.3) is 0 Å². The zero-order valence-electron chi connectivity index (χ0n) is 13.4. The van der Waals surface area contributed by atoms with Crippen molar-refractivity contribution in [3.63, 3.8) is 0 Å². The van der Waals surface area contributed by atoms with Crippen LogP contribution in [0.1, 0.15) is 6.92 Å². The highest BCUT2D eigenvalue weighted by atomic mass is 32.2. The molecular weight excluding hydrogens is 338 g/mol. The number of para-hydroxylation sites is 1. The number of carbonyl (C=O) groups is 1. The molecule has 0 fully saturated rings. The van der Waals surface area contributed by atoms with E-state index in [2.05, 4.69) is 15.3 Å². The first-order chi connectivity index (χ1) is 12.2. The smallest absolute Gasteiger partial charge is 0.237 e. The number of rotatable bonds is 4. The number of nitrogens with one attached hydrogen (secondary N) is 1. The van der Waals surface area contributed by atoms with Gasteiger partial charge in [0.2, 0.25) is 12.7 Å². The van der Waals surface area contributed by atoms with E-state index in [1.165, 1.54) is 18.1 Å². The van der Waals surface area contributed by atoms with Gasteiger partial charge in [-0.1, -0.05) is 30.0 Å². The Morgan fingerprint density at radius 2 is 2.00 bits per heavy atom. The van der Waals surface area contributed by atoms with E-state index in [-0.39, 0.29) is 18.0 Å². The Morgan fingerprint density at radius 3 is 2.92 bits per heavy atom. The molecule has 126 valence electrons. The second-order valence-corrected chi connectivity index (χ2v) is 6.84. The number of nitrogens with zero attached hydrogens (tertiary/aromatic N) is 2. The maximum Gasteiger partial charge on any atom is 0.237 e. The highest BCUT2D eigenvalue weighted by Crippen LogP contribution is 2.34. The monoisotopic (exact) mass is 353 g/mol. The second kappa shape index (κ2) is 6.60. The lowest BCUT2D eigenvalue weighted by molar-refractivity contribution is -0.115. The van der Waals surface area contributed by atoms with Gasteiger partial charge in [0.15, 0.2) is 11.5 Å². The number of benzene rings is 2. The van der Waals surface area contributed by atoms with Gasteiger partial charge in [0.1, 0.15) is 11.4 Å². The first-order valence-electron chi connectivity index (χ1n) is 7.77. The van der Waals surface area contributed by atoms with E-state index in [1.807, 2.05) is 31.2 Å². The third-order valence-electron chi connectivity index (χ3n) is 3.80. The third kappa shape index (κ3) is 3.23. The molecule has 3 aromatic rings. The Bertz CT molecular complexity index is 943. The summed E-state index contributed by atoms with van der Waals surface area (Å²) in [7, 11) is 0. The van der Waals surface area contributed by atoms with Crippen molar-refractivity contribution >= 4 is 34.3 Å². The normalized spacial score (nSPS) is 13.6. The summed E-state index contributed by atoms with van der Waals surface area (Å²) in [6.45, 7) is 2.06. The number of anilines is 1. The number of thioether (sulfide) groups is 1. The van der Waals surface area contributed by atoms with Crippen LogP contribution in [0.3, 0.4) is 0 Å². The predicted octanol–water partition coefficient (Wildman–Crippen LogP) is 3.48. The molecule has 1 amide bonds. The molecule has 4 rings (SSSR count). The summed E-state index contributed by atoms with van der Waals surface area (Å²) in [6.07, 6.45) is 1.52. The number of carbonyl (C=O) groups excluding carboxylic acids is 1. The number of hydrogen-bond acceptors (Lipinski definition) is 6. The highest BCUT2D eigenvalue weighted by molar-refractivity contribution is 8.00. The molecule has 1 aromatic heterocycles. The number of fused-ring (bicyclic) bond motifs is 2. The maximum atomic E-state index is 12.5. The van der Waals surface area contributed by atoms with Gasteiger partial charge < -0.3 is 14.8 Å². The topological polar surface area (TPSA) is 73.3 Å². The molecule has 25 heavy (non-hydrogen) atoms. The molecular formula is C18H15N3O3S. The lowest BCUT2D eigenvalue weighted by Crippen LogP contribution is -2.22. The average molecular weight is 353 g/mol. The maximum absolute atomic E-state index is 12.5. The molecule has 0 radical (unpaired) electrons. The molecule has 0 saturated carbocycles. The van der Waals surface area contributed by atoms with Crippen molar-refractivity contribution in [2.75, 3.05) is 12.1 Å². The quantitative estimate of drug-likeness (QED) is 0.572. The molecule has 2 aromatic carbocycles. The minimum Gasteiger partial charge on any atom is -0.454 e. The van der Waals surface area contributed by atoms with E-state index >= 15 is 0 Å². The molecule has 6 nitrogen and oxygen atoms in total. The van der Waals surface area contributed by atoms with Crippen LogP contribution in [0.25, 0.3) is 10.9 Å². The molecule has 0 saturated heterocycles. The van der Waals surface area contributed by atoms with Crippen LogP contribution in [-0.4, -0.2) is 27.9 Å². The number of ether oxygens (including phenoxy) is 2. The van der Waals surface area contributed by atoms with E-state index in [9.17, 15) is 4.79 Å². The van der Waals surface area contributed by atoms with Crippen LogP contribution in [-0.2, 0) is 4.79 Å². The van der Waals surface area contributed by atoms with Crippen LogP contribution < -0.4 is 14.8 Å². The van der Waals surface area contributed by atoms with Gasteiger partial charge in [-0.05, 0) is 25.1 Å². The van der Waals surface area contributed by atoms with Crippen molar-refractivity contribution in [3.8, 4) is 11.5 Å². The first-order valence-corrected chi connectivity index (χ1v) is 8.65. The van der Waals surface area contributed by atoms with Gasteiger partial charge in [0.05, 0.1) is 10.8 Å². The summed E-state index contributed by atoms with van der Waals surface area (Å²) in [5.74, 6) is 1.22. The van der Waals surface area contributed by atoms with E-state index in [0.717, 1.165) is 15.9 Å². The van der Waals surface area contributed by atoms with Crippen molar-refractivity contribution in [1.82, 2.24) is 9.97 Å². The van der Waals surface area contributed by atoms with Crippen molar-refractivity contribution in [2.24, 2.45) is 0 Å². The minimum absolute atomic E-state index is 0.105. The summed E-state index contributed by atoms with van der Waals surface area (Å²) in [4.78, 5) is 21.1.